The van der Waals surface area contributed by atoms with Crippen LogP contribution in [0.15, 0.2) is 47.7 Å². The van der Waals surface area contributed by atoms with Crippen LogP contribution in [0.4, 0.5) is 13.2 Å². The number of nitrogens with one attached hydrogen (secondary N) is 1. The number of fused-ring (bicyclic) bond motifs is 1. The van der Waals surface area contributed by atoms with Gasteiger partial charge >= 0.3 is 6.36 Å². The Bertz CT molecular complexity index is 1010. The van der Waals surface area contributed by atoms with Crippen LogP contribution in [-0.4, -0.2) is 34.0 Å². The molecule has 1 N–H and O–H groups in total. The van der Waals surface area contributed by atoms with E-state index in [4.69, 9.17) is 0 Å². The predicted molar refractivity (Wildman–Crippen MR) is 87.8 cm³/mol. The highest BCUT2D eigenvalue weighted by Crippen LogP contribution is 2.29. The van der Waals surface area contributed by atoms with Crippen LogP contribution in [0.25, 0.3) is 22.2 Å². The van der Waals surface area contributed by atoms with Crippen molar-refractivity contribution >= 4 is 11.0 Å². The summed E-state index contributed by atoms with van der Waals surface area (Å²) in [6, 6.07) is 5.47. The van der Waals surface area contributed by atoms with Crippen LogP contribution in [-0.2, 0) is 0 Å². The fourth-order valence-electron chi connectivity index (χ4n) is 2.86. The van der Waals surface area contributed by atoms with Crippen molar-refractivity contribution in [3.05, 3.63) is 53.2 Å². The number of rotatable bonds is 3. The van der Waals surface area contributed by atoms with Crippen molar-refractivity contribution in [3.8, 4) is 16.9 Å². The number of pyridine rings is 1. The largest absolute Gasteiger partial charge is 0.573 e. The number of alkyl halides is 3. The van der Waals surface area contributed by atoms with E-state index in [-0.39, 0.29) is 22.9 Å². The Morgan fingerprint density at radius 3 is 2.31 bits per heavy atom. The van der Waals surface area contributed by atoms with E-state index >= 15 is 0 Å². The first-order chi connectivity index (χ1) is 12.4. The third-order valence-electron chi connectivity index (χ3n) is 4.21. The zero-order valence-corrected chi connectivity index (χ0v) is 13.3. The molecule has 3 heterocycles. The monoisotopic (exact) mass is 362 g/mol. The van der Waals surface area contributed by atoms with E-state index in [0.717, 1.165) is 0 Å². The molecule has 0 atom stereocenters. The van der Waals surface area contributed by atoms with Crippen LogP contribution in [0.5, 0.6) is 5.75 Å². The molecule has 1 aromatic carbocycles. The molecule has 0 spiro atoms. The van der Waals surface area contributed by atoms with E-state index in [1.165, 1.54) is 36.7 Å². The minimum atomic E-state index is -4.75. The van der Waals surface area contributed by atoms with Crippen molar-refractivity contribution in [3.63, 3.8) is 0 Å². The second-order valence-electron chi connectivity index (χ2n) is 5.89. The van der Waals surface area contributed by atoms with Gasteiger partial charge in [-0.1, -0.05) is 12.1 Å². The molecule has 1 fully saturated rings. The van der Waals surface area contributed by atoms with Crippen LogP contribution in [0.1, 0.15) is 6.04 Å². The summed E-state index contributed by atoms with van der Waals surface area (Å²) in [4.78, 5) is 21.0. The number of hydrogen-bond acceptors (Lipinski definition) is 5. The Morgan fingerprint density at radius 1 is 1.08 bits per heavy atom. The molecule has 6 nitrogen and oxygen atoms in total. The first kappa shape index (κ1) is 16.5. The average molecular weight is 362 g/mol. The second kappa shape index (κ2) is 6.10. The summed E-state index contributed by atoms with van der Waals surface area (Å²) in [5.74, 6) is -0.312. The molecule has 1 aliphatic rings. The van der Waals surface area contributed by atoms with Crippen molar-refractivity contribution in [1.82, 2.24) is 19.9 Å². The molecule has 0 saturated carbocycles. The number of benzene rings is 1. The molecule has 9 heteroatoms. The van der Waals surface area contributed by atoms with Crippen LogP contribution < -0.4 is 15.6 Å². The lowest BCUT2D eigenvalue weighted by Gasteiger charge is -2.29. The molecule has 0 aliphatic carbocycles. The fraction of sp³-hybridized carbons (Fsp3) is 0.235. The molecule has 134 valence electrons. The molecule has 2 aromatic heterocycles. The number of nitrogens with zero attached hydrogens (tertiary/aromatic N) is 3. The SMILES string of the molecule is O=c1c2nccnc2c(-c2ccc(OC(F)(F)F)cc2)cn1C1CNC1. The maximum atomic E-state index is 12.6. The summed E-state index contributed by atoms with van der Waals surface area (Å²) in [7, 11) is 0. The maximum Gasteiger partial charge on any atom is 0.573 e. The second-order valence-corrected chi connectivity index (χ2v) is 5.89. The van der Waals surface area contributed by atoms with Crippen molar-refractivity contribution < 1.29 is 17.9 Å². The highest BCUT2D eigenvalue weighted by Gasteiger charge is 2.31. The lowest BCUT2D eigenvalue weighted by Crippen LogP contribution is -2.46. The normalized spacial score (nSPS) is 15.0. The lowest BCUT2D eigenvalue weighted by atomic mass is 10.0. The Labute approximate surface area is 145 Å². The van der Waals surface area contributed by atoms with Gasteiger partial charge in [-0.15, -0.1) is 13.2 Å². The molecule has 1 aliphatic heterocycles. The number of hydrogen-bond donors (Lipinski definition) is 1. The van der Waals surface area contributed by atoms with Crippen LogP contribution in [0.3, 0.4) is 0 Å². The molecular formula is C17H13F3N4O2. The van der Waals surface area contributed by atoms with Gasteiger partial charge in [0.05, 0.1) is 6.04 Å². The van der Waals surface area contributed by atoms with E-state index in [1.54, 1.807) is 10.8 Å². The number of halogens is 3. The third-order valence-corrected chi connectivity index (χ3v) is 4.21. The summed E-state index contributed by atoms with van der Waals surface area (Å²) in [5.41, 5.74) is 1.64. The molecule has 0 amide bonds. The van der Waals surface area contributed by atoms with E-state index in [9.17, 15) is 18.0 Å². The maximum absolute atomic E-state index is 12.6. The molecular weight excluding hydrogens is 349 g/mol. The molecule has 0 unspecified atom stereocenters. The molecule has 0 radical (unpaired) electrons. The van der Waals surface area contributed by atoms with Crippen molar-refractivity contribution in [2.75, 3.05) is 13.1 Å². The van der Waals surface area contributed by atoms with E-state index in [2.05, 4.69) is 20.0 Å². The van der Waals surface area contributed by atoms with E-state index in [1.807, 2.05) is 0 Å². The van der Waals surface area contributed by atoms with Crippen molar-refractivity contribution in [1.29, 1.82) is 0 Å². The van der Waals surface area contributed by atoms with Gasteiger partial charge in [-0.05, 0) is 17.7 Å². The first-order valence-electron chi connectivity index (χ1n) is 7.85. The van der Waals surface area contributed by atoms with Gasteiger partial charge in [-0.25, -0.2) is 4.98 Å². The fourth-order valence-corrected chi connectivity index (χ4v) is 2.86. The van der Waals surface area contributed by atoms with Gasteiger partial charge in [0.25, 0.3) is 5.56 Å². The van der Waals surface area contributed by atoms with Gasteiger partial charge in [0, 0.05) is 37.2 Å². The minimum absolute atomic E-state index is 0.0143. The van der Waals surface area contributed by atoms with Crippen LogP contribution in [0, 0.1) is 0 Å². The van der Waals surface area contributed by atoms with Gasteiger partial charge in [0.15, 0.2) is 5.52 Å². The van der Waals surface area contributed by atoms with Crippen molar-refractivity contribution in [2.24, 2.45) is 0 Å². The highest BCUT2D eigenvalue weighted by molar-refractivity contribution is 5.90. The zero-order valence-electron chi connectivity index (χ0n) is 13.3. The average Bonchev–Trinajstić information content (AvgIpc) is 2.55. The summed E-state index contributed by atoms with van der Waals surface area (Å²) >= 11 is 0. The third kappa shape index (κ3) is 3.01. The zero-order chi connectivity index (χ0) is 18.3. The van der Waals surface area contributed by atoms with E-state index in [0.29, 0.717) is 29.7 Å². The standard InChI is InChI=1S/C17H13F3N4O2/c18-17(19,20)26-12-3-1-10(2-4-12)13-9-24(11-7-21-8-11)16(25)15-14(13)22-5-6-23-15/h1-6,9,11,21H,7-8H2. The van der Waals surface area contributed by atoms with E-state index < -0.39 is 6.36 Å². The van der Waals surface area contributed by atoms with Gasteiger partial charge in [0.1, 0.15) is 11.3 Å². The molecule has 26 heavy (non-hydrogen) atoms. The molecule has 1 saturated heterocycles. The van der Waals surface area contributed by atoms with Gasteiger partial charge in [0.2, 0.25) is 0 Å². The Hall–Kier alpha value is -2.94. The Morgan fingerprint density at radius 2 is 1.73 bits per heavy atom. The first-order valence-corrected chi connectivity index (χ1v) is 7.85. The minimum Gasteiger partial charge on any atom is -0.406 e. The Kier molecular flexibility index (Phi) is 3.87. The quantitative estimate of drug-likeness (QED) is 0.775. The lowest BCUT2D eigenvalue weighted by molar-refractivity contribution is -0.274. The summed E-state index contributed by atoms with van der Waals surface area (Å²) in [6.45, 7) is 1.34. The van der Waals surface area contributed by atoms with Gasteiger partial charge in [-0.2, -0.15) is 0 Å². The molecule has 3 aromatic rings. The summed E-state index contributed by atoms with van der Waals surface area (Å²) in [6.07, 6.45) is -0.145. The summed E-state index contributed by atoms with van der Waals surface area (Å²) in [5, 5.41) is 3.10. The molecule has 4 rings (SSSR count). The number of aromatic nitrogens is 3. The highest BCUT2D eigenvalue weighted by atomic mass is 19.4. The molecule has 0 bridgehead atoms. The van der Waals surface area contributed by atoms with Crippen molar-refractivity contribution in [2.45, 2.75) is 12.4 Å². The van der Waals surface area contributed by atoms with Crippen LogP contribution >= 0.6 is 0 Å². The summed E-state index contributed by atoms with van der Waals surface area (Å²) < 4.78 is 42.5. The number of ether oxygens (including phenoxy) is 1. The van der Waals surface area contributed by atoms with Gasteiger partial charge in [-0.3, -0.25) is 9.78 Å². The Balaban J connectivity index is 1.83. The van der Waals surface area contributed by atoms with Crippen LogP contribution in [0.2, 0.25) is 0 Å². The predicted octanol–water partition coefficient (Wildman–Crippen LogP) is 2.50. The van der Waals surface area contributed by atoms with Gasteiger partial charge < -0.3 is 14.6 Å². The topological polar surface area (TPSA) is 69.0 Å². The smallest absolute Gasteiger partial charge is 0.406 e.